The van der Waals surface area contributed by atoms with E-state index in [0.717, 1.165) is 38.3 Å². The number of urea groups is 1. The van der Waals surface area contributed by atoms with Crippen molar-refractivity contribution >= 4 is 30.0 Å². The summed E-state index contributed by atoms with van der Waals surface area (Å²) in [6.45, 7) is 4.53. The van der Waals surface area contributed by atoms with E-state index in [1.54, 1.807) is 4.90 Å². The molecule has 2 aliphatic rings. The number of anilines is 1. The van der Waals surface area contributed by atoms with Crippen molar-refractivity contribution in [3.63, 3.8) is 0 Å². The number of carbonyl (C=O) groups excluding carboxylic acids is 2. The second-order valence-corrected chi connectivity index (χ2v) is 5.33. The van der Waals surface area contributed by atoms with Crippen LogP contribution in [0, 0.1) is 0 Å². The van der Waals surface area contributed by atoms with Gasteiger partial charge in [-0.05, 0) is 24.6 Å². The zero-order chi connectivity index (χ0) is 14.7. The quantitative estimate of drug-likeness (QED) is 0.855. The largest absolute Gasteiger partial charge is 0.338 e. The summed E-state index contributed by atoms with van der Waals surface area (Å²) in [5.41, 5.74) is 1.43. The summed E-state index contributed by atoms with van der Waals surface area (Å²) >= 11 is 0. The minimum Gasteiger partial charge on any atom is -0.338 e. The van der Waals surface area contributed by atoms with Crippen molar-refractivity contribution in [2.45, 2.75) is 6.42 Å². The lowest BCUT2D eigenvalue weighted by atomic mass is 10.1. The van der Waals surface area contributed by atoms with Crippen LogP contribution >= 0.6 is 12.4 Å². The molecule has 3 rings (SSSR count). The van der Waals surface area contributed by atoms with Crippen LogP contribution in [0.5, 0.6) is 0 Å². The van der Waals surface area contributed by atoms with Gasteiger partial charge in [0.2, 0.25) is 0 Å². The molecule has 0 aliphatic carbocycles. The zero-order valence-corrected chi connectivity index (χ0v) is 13.2. The molecule has 6 nitrogen and oxygen atoms in total. The van der Waals surface area contributed by atoms with E-state index in [9.17, 15) is 9.59 Å². The van der Waals surface area contributed by atoms with Crippen molar-refractivity contribution < 1.29 is 9.59 Å². The van der Waals surface area contributed by atoms with E-state index in [2.05, 4.69) is 10.6 Å². The number of carbonyl (C=O) groups is 2. The predicted octanol–water partition coefficient (Wildman–Crippen LogP) is 1.07. The topological polar surface area (TPSA) is 64.7 Å². The Balaban J connectivity index is 0.00000176. The molecule has 0 bridgehead atoms. The molecule has 7 heteroatoms. The normalized spacial score (nSPS) is 18.5. The third-order valence-electron chi connectivity index (χ3n) is 3.89. The molecule has 2 heterocycles. The molecule has 0 unspecified atom stereocenters. The van der Waals surface area contributed by atoms with Crippen LogP contribution in [0.3, 0.4) is 0 Å². The highest BCUT2D eigenvalue weighted by Gasteiger charge is 2.22. The molecule has 0 aromatic heterocycles. The lowest BCUT2D eigenvalue weighted by molar-refractivity contribution is 0.0736. The summed E-state index contributed by atoms with van der Waals surface area (Å²) < 4.78 is 0. The lowest BCUT2D eigenvalue weighted by Crippen LogP contribution is -2.47. The van der Waals surface area contributed by atoms with Gasteiger partial charge in [-0.1, -0.05) is 6.07 Å². The molecule has 120 valence electrons. The standard InChI is InChI=1S/C15H20N4O2.ClH/c20-14(18-9-6-16-7-10-18)12-3-1-4-13(11-12)19-8-2-5-17-15(19)21;/h1,3-4,11,16H,2,5-10H2,(H,17,21);1H. The first-order valence-corrected chi connectivity index (χ1v) is 7.41. The van der Waals surface area contributed by atoms with Gasteiger partial charge < -0.3 is 15.5 Å². The first-order chi connectivity index (χ1) is 10.3. The molecule has 2 fully saturated rings. The summed E-state index contributed by atoms with van der Waals surface area (Å²) in [6, 6.07) is 7.25. The van der Waals surface area contributed by atoms with Gasteiger partial charge in [-0.15, -0.1) is 12.4 Å². The highest BCUT2D eigenvalue weighted by atomic mass is 35.5. The molecule has 1 aromatic carbocycles. The molecule has 0 atom stereocenters. The molecular formula is C15H21ClN4O2. The highest BCUT2D eigenvalue weighted by Crippen LogP contribution is 2.19. The fourth-order valence-electron chi connectivity index (χ4n) is 2.73. The number of hydrogen-bond acceptors (Lipinski definition) is 3. The number of amides is 3. The molecule has 22 heavy (non-hydrogen) atoms. The monoisotopic (exact) mass is 324 g/mol. The number of rotatable bonds is 2. The number of piperazine rings is 1. The van der Waals surface area contributed by atoms with Gasteiger partial charge in [0.1, 0.15) is 0 Å². The molecular weight excluding hydrogens is 304 g/mol. The average Bonchev–Trinajstić information content (AvgIpc) is 2.55. The minimum absolute atomic E-state index is 0. The molecule has 0 saturated carbocycles. The average molecular weight is 325 g/mol. The first kappa shape index (κ1) is 16.6. The Bertz CT molecular complexity index is 546. The second-order valence-electron chi connectivity index (χ2n) is 5.33. The number of nitrogens with one attached hydrogen (secondary N) is 2. The highest BCUT2D eigenvalue weighted by molar-refractivity contribution is 5.98. The van der Waals surface area contributed by atoms with Crippen LogP contribution < -0.4 is 15.5 Å². The minimum atomic E-state index is -0.0898. The Hall–Kier alpha value is -1.79. The van der Waals surface area contributed by atoms with E-state index in [1.807, 2.05) is 29.2 Å². The van der Waals surface area contributed by atoms with Gasteiger partial charge in [0.15, 0.2) is 0 Å². The van der Waals surface area contributed by atoms with Gasteiger partial charge in [-0.3, -0.25) is 9.69 Å². The van der Waals surface area contributed by atoms with Gasteiger partial charge in [0.25, 0.3) is 5.91 Å². The Kier molecular flexibility index (Phi) is 5.63. The fraction of sp³-hybridized carbons (Fsp3) is 0.467. The van der Waals surface area contributed by atoms with Gasteiger partial charge in [0, 0.05) is 50.5 Å². The van der Waals surface area contributed by atoms with E-state index in [1.165, 1.54) is 0 Å². The third-order valence-corrected chi connectivity index (χ3v) is 3.89. The molecule has 0 radical (unpaired) electrons. The molecule has 3 amide bonds. The van der Waals surface area contributed by atoms with E-state index in [0.29, 0.717) is 18.7 Å². The van der Waals surface area contributed by atoms with Crippen LogP contribution in [-0.4, -0.2) is 56.1 Å². The molecule has 2 saturated heterocycles. The summed E-state index contributed by atoms with van der Waals surface area (Å²) in [5.74, 6) is 0.0377. The zero-order valence-electron chi connectivity index (χ0n) is 12.4. The molecule has 2 N–H and O–H groups in total. The first-order valence-electron chi connectivity index (χ1n) is 7.41. The lowest BCUT2D eigenvalue weighted by Gasteiger charge is -2.29. The Morgan fingerprint density at radius 2 is 1.86 bits per heavy atom. The summed E-state index contributed by atoms with van der Waals surface area (Å²) in [7, 11) is 0. The maximum atomic E-state index is 12.5. The predicted molar refractivity (Wildman–Crippen MR) is 87.8 cm³/mol. The van der Waals surface area contributed by atoms with Crippen LogP contribution in [0.25, 0.3) is 0 Å². The van der Waals surface area contributed by atoms with E-state index >= 15 is 0 Å². The summed E-state index contributed by atoms with van der Waals surface area (Å²) in [6.07, 6.45) is 0.918. The second kappa shape index (κ2) is 7.47. The Morgan fingerprint density at radius 1 is 1.09 bits per heavy atom. The van der Waals surface area contributed by atoms with Crippen molar-refractivity contribution in [2.75, 3.05) is 44.2 Å². The maximum Gasteiger partial charge on any atom is 0.321 e. The fourth-order valence-corrected chi connectivity index (χ4v) is 2.73. The van der Waals surface area contributed by atoms with Crippen LogP contribution in [-0.2, 0) is 0 Å². The third kappa shape index (κ3) is 3.51. The summed E-state index contributed by atoms with van der Waals surface area (Å²) in [4.78, 5) is 27.9. The Labute approximate surface area is 136 Å². The number of halogens is 1. The van der Waals surface area contributed by atoms with Gasteiger partial charge >= 0.3 is 6.03 Å². The van der Waals surface area contributed by atoms with Crippen molar-refractivity contribution in [3.8, 4) is 0 Å². The van der Waals surface area contributed by atoms with Crippen molar-refractivity contribution in [1.29, 1.82) is 0 Å². The molecule has 1 aromatic rings. The van der Waals surface area contributed by atoms with Gasteiger partial charge in [-0.2, -0.15) is 0 Å². The van der Waals surface area contributed by atoms with Crippen LogP contribution in [0.2, 0.25) is 0 Å². The smallest absolute Gasteiger partial charge is 0.321 e. The summed E-state index contributed by atoms with van der Waals surface area (Å²) in [5, 5.41) is 6.06. The van der Waals surface area contributed by atoms with Gasteiger partial charge in [0.05, 0.1) is 0 Å². The van der Waals surface area contributed by atoms with Gasteiger partial charge in [-0.25, -0.2) is 4.79 Å². The number of hydrogen-bond donors (Lipinski definition) is 2. The molecule has 2 aliphatic heterocycles. The number of benzene rings is 1. The van der Waals surface area contributed by atoms with Crippen LogP contribution in [0.15, 0.2) is 24.3 Å². The SMILES string of the molecule is Cl.O=C(c1cccc(N2CCCNC2=O)c1)N1CCNCC1. The van der Waals surface area contributed by atoms with E-state index in [4.69, 9.17) is 0 Å². The number of nitrogens with zero attached hydrogens (tertiary/aromatic N) is 2. The van der Waals surface area contributed by atoms with Crippen molar-refractivity contribution in [1.82, 2.24) is 15.5 Å². The maximum absolute atomic E-state index is 12.5. The van der Waals surface area contributed by atoms with Crippen molar-refractivity contribution in [2.24, 2.45) is 0 Å². The van der Waals surface area contributed by atoms with Crippen LogP contribution in [0.4, 0.5) is 10.5 Å². The molecule has 0 spiro atoms. The van der Waals surface area contributed by atoms with Crippen LogP contribution in [0.1, 0.15) is 16.8 Å². The van der Waals surface area contributed by atoms with Crippen molar-refractivity contribution in [3.05, 3.63) is 29.8 Å². The Morgan fingerprint density at radius 3 is 2.59 bits per heavy atom. The van der Waals surface area contributed by atoms with E-state index in [-0.39, 0.29) is 24.3 Å². The van der Waals surface area contributed by atoms with E-state index < -0.39 is 0 Å².